The van der Waals surface area contributed by atoms with Crippen LogP contribution < -0.4 is 9.75 Å². The monoisotopic (exact) mass is 312 g/mol. The Kier molecular flexibility index (Phi) is 4.52. The quantitative estimate of drug-likeness (QED) is 0.835. The summed E-state index contributed by atoms with van der Waals surface area (Å²) in [6, 6.07) is 5.38. The Labute approximate surface area is 130 Å². The van der Waals surface area contributed by atoms with Gasteiger partial charge in [0.25, 0.3) is 0 Å². The predicted octanol–water partition coefficient (Wildman–Crippen LogP) is 3.71. The van der Waals surface area contributed by atoms with E-state index in [4.69, 9.17) is 21.1 Å². The lowest BCUT2D eigenvalue weighted by atomic mass is 10.2. The van der Waals surface area contributed by atoms with Crippen LogP contribution in [0.5, 0.6) is 5.75 Å². The van der Waals surface area contributed by atoms with Crippen LogP contribution in [0.15, 0.2) is 18.2 Å². The van der Waals surface area contributed by atoms with Gasteiger partial charge >= 0.3 is 6.09 Å². The average molecular weight is 313 g/mol. The molecule has 1 fully saturated rings. The maximum absolute atomic E-state index is 12.3. The van der Waals surface area contributed by atoms with Crippen LogP contribution in [0.1, 0.15) is 27.2 Å². The maximum atomic E-state index is 12.3. The first-order valence-electron chi connectivity index (χ1n) is 6.93. The van der Waals surface area contributed by atoms with Crippen LogP contribution in [0.2, 0.25) is 5.02 Å². The van der Waals surface area contributed by atoms with Gasteiger partial charge < -0.3 is 9.47 Å². The van der Waals surface area contributed by atoms with Gasteiger partial charge in [0.15, 0.2) is 0 Å². The molecule has 1 heterocycles. The first-order valence-corrected chi connectivity index (χ1v) is 7.31. The van der Waals surface area contributed by atoms with Crippen LogP contribution in [0.25, 0.3) is 0 Å². The fourth-order valence-corrected chi connectivity index (χ4v) is 2.40. The molecule has 0 atom stereocenters. The van der Waals surface area contributed by atoms with E-state index in [-0.39, 0.29) is 6.09 Å². The largest absolute Gasteiger partial charge is 0.497 e. The topological polar surface area (TPSA) is 42.0 Å². The number of nitrogens with zero attached hydrogens (tertiary/aromatic N) is 2. The molecule has 0 unspecified atom stereocenters. The number of methoxy groups -OCH3 is 1. The molecule has 0 aliphatic carbocycles. The van der Waals surface area contributed by atoms with E-state index in [9.17, 15) is 4.79 Å². The molecule has 0 aromatic heterocycles. The van der Waals surface area contributed by atoms with E-state index < -0.39 is 5.60 Å². The third kappa shape index (κ3) is 3.73. The molecule has 5 nitrogen and oxygen atoms in total. The van der Waals surface area contributed by atoms with E-state index in [1.807, 2.05) is 31.8 Å². The molecule has 1 aromatic rings. The summed E-state index contributed by atoms with van der Waals surface area (Å²) in [6.45, 7) is 6.88. The molecule has 0 N–H and O–H groups in total. The Bertz CT molecular complexity index is 528. The zero-order chi connectivity index (χ0) is 15.6. The number of hydrogen-bond donors (Lipinski definition) is 0. The highest BCUT2D eigenvalue weighted by Gasteiger charge is 2.32. The predicted molar refractivity (Wildman–Crippen MR) is 82.9 cm³/mol. The van der Waals surface area contributed by atoms with Crippen LogP contribution in [-0.4, -0.2) is 36.9 Å². The molecule has 1 aliphatic heterocycles. The molecule has 1 aromatic carbocycles. The van der Waals surface area contributed by atoms with E-state index in [1.165, 1.54) is 0 Å². The second kappa shape index (κ2) is 6.02. The first-order chi connectivity index (χ1) is 9.81. The molecule has 0 spiro atoms. The second-order valence-corrected chi connectivity index (χ2v) is 6.30. The highest BCUT2D eigenvalue weighted by atomic mass is 35.5. The normalized spacial score (nSPS) is 15.3. The van der Waals surface area contributed by atoms with Crippen molar-refractivity contribution in [2.24, 2.45) is 0 Å². The van der Waals surface area contributed by atoms with Crippen molar-refractivity contribution in [1.82, 2.24) is 5.01 Å². The van der Waals surface area contributed by atoms with Gasteiger partial charge in [-0.05, 0) is 39.3 Å². The number of rotatable bonds is 2. The van der Waals surface area contributed by atoms with Crippen molar-refractivity contribution in [3.05, 3.63) is 23.2 Å². The van der Waals surface area contributed by atoms with Gasteiger partial charge in [-0.1, -0.05) is 11.6 Å². The Morgan fingerprint density at radius 2 is 2.00 bits per heavy atom. The van der Waals surface area contributed by atoms with Crippen LogP contribution in [0.4, 0.5) is 10.5 Å². The Morgan fingerprint density at radius 1 is 1.29 bits per heavy atom. The smallest absolute Gasteiger partial charge is 0.429 e. The van der Waals surface area contributed by atoms with Crippen LogP contribution in [-0.2, 0) is 4.74 Å². The van der Waals surface area contributed by atoms with Crippen molar-refractivity contribution < 1.29 is 14.3 Å². The van der Waals surface area contributed by atoms with Gasteiger partial charge in [-0.2, -0.15) is 0 Å². The number of carbonyl (C=O) groups is 1. The third-order valence-electron chi connectivity index (χ3n) is 3.07. The van der Waals surface area contributed by atoms with Gasteiger partial charge in [0.1, 0.15) is 11.4 Å². The lowest BCUT2D eigenvalue weighted by Crippen LogP contribution is -2.44. The summed E-state index contributed by atoms with van der Waals surface area (Å²) in [4.78, 5) is 12.3. The molecule has 1 amide bonds. The lowest BCUT2D eigenvalue weighted by Gasteiger charge is -2.32. The van der Waals surface area contributed by atoms with E-state index in [1.54, 1.807) is 24.3 Å². The molecule has 0 radical (unpaired) electrons. The molecule has 1 aliphatic rings. The number of hydrogen-bond acceptors (Lipinski definition) is 4. The summed E-state index contributed by atoms with van der Waals surface area (Å²) in [5, 5.41) is 4.01. The summed E-state index contributed by atoms with van der Waals surface area (Å²) < 4.78 is 10.7. The molecular weight excluding hydrogens is 292 g/mol. The van der Waals surface area contributed by atoms with Gasteiger partial charge in [0.2, 0.25) is 0 Å². The molecule has 21 heavy (non-hydrogen) atoms. The fraction of sp³-hybridized carbons (Fsp3) is 0.533. The zero-order valence-electron chi connectivity index (χ0n) is 12.9. The standard InChI is InChI=1S/C15H21ClN2O3/c1-15(2,3)21-14(19)18-9-5-8-17(18)13-10-11(20-4)6-7-12(13)16/h6-7,10H,5,8-9H2,1-4H3. The molecular formula is C15H21ClN2O3. The van der Waals surface area contributed by atoms with Crippen molar-refractivity contribution in [3.63, 3.8) is 0 Å². The minimum Gasteiger partial charge on any atom is -0.497 e. The average Bonchev–Trinajstić information content (AvgIpc) is 2.86. The summed E-state index contributed by atoms with van der Waals surface area (Å²) in [7, 11) is 1.60. The van der Waals surface area contributed by atoms with Gasteiger partial charge in [-0.3, -0.25) is 5.01 Å². The number of amides is 1. The molecule has 0 bridgehead atoms. The number of anilines is 1. The molecule has 1 saturated heterocycles. The summed E-state index contributed by atoms with van der Waals surface area (Å²) in [6.07, 6.45) is 0.506. The van der Waals surface area contributed by atoms with E-state index in [2.05, 4.69) is 0 Å². The van der Waals surface area contributed by atoms with Crippen molar-refractivity contribution in [3.8, 4) is 5.75 Å². The fourth-order valence-electron chi connectivity index (χ4n) is 2.18. The van der Waals surface area contributed by atoms with Crippen molar-refractivity contribution in [1.29, 1.82) is 0 Å². The first kappa shape index (κ1) is 15.8. The van der Waals surface area contributed by atoms with Crippen LogP contribution >= 0.6 is 11.6 Å². The van der Waals surface area contributed by atoms with Crippen molar-refractivity contribution >= 4 is 23.4 Å². The third-order valence-corrected chi connectivity index (χ3v) is 3.39. The highest BCUT2D eigenvalue weighted by molar-refractivity contribution is 6.33. The number of hydrazine groups is 1. The number of halogens is 1. The molecule has 116 valence electrons. The van der Waals surface area contributed by atoms with E-state index in [0.29, 0.717) is 23.9 Å². The molecule has 0 saturated carbocycles. The van der Waals surface area contributed by atoms with Crippen molar-refractivity contribution in [2.45, 2.75) is 32.8 Å². The minimum atomic E-state index is -0.524. The van der Waals surface area contributed by atoms with Gasteiger partial charge in [-0.15, -0.1) is 0 Å². The number of ether oxygens (including phenoxy) is 2. The SMILES string of the molecule is COc1ccc(Cl)c(N2CCCN2C(=O)OC(C)(C)C)c1. The van der Waals surface area contributed by atoms with E-state index in [0.717, 1.165) is 12.1 Å². The highest BCUT2D eigenvalue weighted by Crippen LogP contribution is 2.33. The minimum absolute atomic E-state index is 0.362. The Balaban J connectivity index is 2.24. The molecule has 6 heteroatoms. The number of carbonyl (C=O) groups excluding carboxylic acids is 1. The van der Waals surface area contributed by atoms with Gasteiger partial charge in [0.05, 0.1) is 17.8 Å². The number of benzene rings is 1. The van der Waals surface area contributed by atoms with Gasteiger partial charge in [-0.25, -0.2) is 9.80 Å². The summed E-state index contributed by atoms with van der Waals surface area (Å²) >= 11 is 6.26. The van der Waals surface area contributed by atoms with E-state index >= 15 is 0 Å². The Morgan fingerprint density at radius 3 is 2.62 bits per heavy atom. The molecule has 2 rings (SSSR count). The van der Waals surface area contributed by atoms with Crippen LogP contribution in [0, 0.1) is 0 Å². The summed E-state index contributed by atoms with van der Waals surface area (Å²) in [5.41, 5.74) is 0.225. The Hall–Kier alpha value is -1.62. The van der Waals surface area contributed by atoms with Gasteiger partial charge in [0, 0.05) is 19.2 Å². The second-order valence-electron chi connectivity index (χ2n) is 5.90. The van der Waals surface area contributed by atoms with Crippen LogP contribution in [0.3, 0.4) is 0 Å². The maximum Gasteiger partial charge on any atom is 0.429 e. The van der Waals surface area contributed by atoms with Crippen molar-refractivity contribution in [2.75, 3.05) is 25.2 Å². The zero-order valence-corrected chi connectivity index (χ0v) is 13.6. The summed E-state index contributed by atoms with van der Waals surface area (Å²) in [5.74, 6) is 0.699. The lowest BCUT2D eigenvalue weighted by molar-refractivity contribution is 0.0274.